The predicted octanol–water partition coefficient (Wildman–Crippen LogP) is 2.33. The summed E-state index contributed by atoms with van der Waals surface area (Å²) in [6.45, 7) is 4.20. The molecule has 2 amide bonds. The summed E-state index contributed by atoms with van der Waals surface area (Å²) in [6.07, 6.45) is 1.53. The van der Waals surface area contributed by atoms with Crippen molar-refractivity contribution >= 4 is 11.8 Å². The van der Waals surface area contributed by atoms with Gasteiger partial charge in [0.25, 0.3) is 5.91 Å². The fourth-order valence-corrected chi connectivity index (χ4v) is 3.98. The van der Waals surface area contributed by atoms with E-state index in [1.54, 1.807) is 25.0 Å². The van der Waals surface area contributed by atoms with E-state index in [1.165, 1.54) is 6.26 Å². The molecule has 4 rings (SSSR count). The van der Waals surface area contributed by atoms with E-state index >= 15 is 0 Å². The van der Waals surface area contributed by atoms with Gasteiger partial charge in [0.2, 0.25) is 5.91 Å². The van der Waals surface area contributed by atoms with Gasteiger partial charge in [0.15, 0.2) is 0 Å². The molecule has 0 N–H and O–H groups in total. The van der Waals surface area contributed by atoms with Crippen LogP contribution in [0.4, 0.5) is 0 Å². The molecule has 2 saturated heterocycles. The Labute approximate surface area is 152 Å². The highest BCUT2D eigenvalue weighted by atomic mass is 16.5. The van der Waals surface area contributed by atoms with Crippen LogP contribution >= 0.6 is 0 Å². The number of carbonyl (C=O) groups excluding carboxylic acids is 2. The third-order valence-electron chi connectivity index (χ3n) is 5.43. The molecule has 1 aromatic carbocycles. The molecule has 2 fully saturated rings. The molecule has 2 aliphatic rings. The second-order valence-electron chi connectivity index (χ2n) is 7.03. The number of furan rings is 1. The summed E-state index contributed by atoms with van der Waals surface area (Å²) in [7, 11) is 1.64. The van der Waals surface area contributed by atoms with Crippen molar-refractivity contribution in [3.63, 3.8) is 0 Å². The summed E-state index contributed by atoms with van der Waals surface area (Å²) >= 11 is 0. The van der Waals surface area contributed by atoms with Crippen molar-refractivity contribution in [1.82, 2.24) is 9.80 Å². The van der Waals surface area contributed by atoms with E-state index in [-0.39, 0.29) is 23.7 Å². The van der Waals surface area contributed by atoms with E-state index in [2.05, 4.69) is 0 Å². The van der Waals surface area contributed by atoms with Gasteiger partial charge in [0.1, 0.15) is 11.5 Å². The third kappa shape index (κ3) is 2.85. The van der Waals surface area contributed by atoms with E-state index in [4.69, 9.17) is 9.15 Å². The fourth-order valence-electron chi connectivity index (χ4n) is 3.98. The standard InChI is InChI=1S/C20H22N2O4/c1-13-17(7-8-26-13)19(23)22-11-15-10-21(20(24)18(15)12-22)9-14-3-5-16(25-2)6-4-14/h3-8,15,18H,9-12H2,1-2H3/t15-,18+/m0/s1. The topological polar surface area (TPSA) is 63.0 Å². The number of nitrogens with zero attached hydrogens (tertiary/aromatic N) is 2. The molecule has 2 atom stereocenters. The number of likely N-dealkylation sites (tertiary alicyclic amines) is 2. The molecule has 0 aliphatic carbocycles. The molecule has 0 saturated carbocycles. The van der Waals surface area contributed by atoms with Gasteiger partial charge in [0.05, 0.1) is 24.9 Å². The maximum absolute atomic E-state index is 12.8. The quantitative estimate of drug-likeness (QED) is 0.845. The molecular weight excluding hydrogens is 332 g/mol. The van der Waals surface area contributed by atoms with Crippen LogP contribution in [0.15, 0.2) is 41.0 Å². The van der Waals surface area contributed by atoms with E-state index in [9.17, 15) is 9.59 Å². The van der Waals surface area contributed by atoms with Gasteiger partial charge in [0, 0.05) is 32.1 Å². The van der Waals surface area contributed by atoms with E-state index in [0.29, 0.717) is 37.5 Å². The fraction of sp³-hybridized carbons (Fsp3) is 0.400. The molecule has 0 unspecified atom stereocenters. The van der Waals surface area contributed by atoms with Crippen LogP contribution in [0.1, 0.15) is 21.7 Å². The summed E-state index contributed by atoms with van der Waals surface area (Å²) in [5.41, 5.74) is 1.67. The Balaban J connectivity index is 1.40. The minimum Gasteiger partial charge on any atom is -0.497 e. The van der Waals surface area contributed by atoms with Crippen LogP contribution in [0.3, 0.4) is 0 Å². The number of hydrogen-bond donors (Lipinski definition) is 0. The van der Waals surface area contributed by atoms with Crippen molar-refractivity contribution in [1.29, 1.82) is 0 Å². The number of methoxy groups -OCH3 is 1. The number of fused-ring (bicyclic) bond motifs is 1. The molecule has 2 aliphatic heterocycles. The van der Waals surface area contributed by atoms with Gasteiger partial charge in [-0.1, -0.05) is 12.1 Å². The zero-order valence-electron chi connectivity index (χ0n) is 15.0. The first-order valence-corrected chi connectivity index (χ1v) is 8.82. The molecular formula is C20H22N2O4. The lowest BCUT2D eigenvalue weighted by atomic mass is 10.0. The first kappa shape index (κ1) is 16.7. The van der Waals surface area contributed by atoms with Crippen LogP contribution in [0.2, 0.25) is 0 Å². The molecule has 2 aromatic rings. The molecule has 0 spiro atoms. The Hall–Kier alpha value is -2.76. The Morgan fingerprint density at radius 3 is 2.58 bits per heavy atom. The number of rotatable bonds is 4. The minimum atomic E-state index is -0.0931. The average Bonchev–Trinajstić information content (AvgIpc) is 3.33. The number of benzene rings is 1. The number of carbonyl (C=O) groups is 2. The zero-order valence-corrected chi connectivity index (χ0v) is 15.0. The van der Waals surface area contributed by atoms with Gasteiger partial charge in [-0.2, -0.15) is 0 Å². The van der Waals surface area contributed by atoms with Crippen molar-refractivity contribution in [2.75, 3.05) is 26.7 Å². The molecule has 0 radical (unpaired) electrons. The van der Waals surface area contributed by atoms with Crippen molar-refractivity contribution in [3.8, 4) is 5.75 Å². The Bertz CT molecular complexity index is 827. The Kier molecular flexibility index (Phi) is 4.18. The van der Waals surface area contributed by atoms with E-state index in [0.717, 1.165) is 11.3 Å². The Morgan fingerprint density at radius 2 is 1.96 bits per heavy atom. The second-order valence-corrected chi connectivity index (χ2v) is 7.03. The highest BCUT2D eigenvalue weighted by Gasteiger charge is 2.47. The second kappa shape index (κ2) is 6.52. The van der Waals surface area contributed by atoms with Crippen LogP contribution in [-0.4, -0.2) is 48.4 Å². The molecule has 26 heavy (non-hydrogen) atoms. The minimum absolute atomic E-state index is 0.0415. The van der Waals surface area contributed by atoms with Gasteiger partial charge in [-0.25, -0.2) is 0 Å². The summed E-state index contributed by atoms with van der Waals surface area (Å²) in [6, 6.07) is 9.48. The summed E-state index contributed by atoms with van der Waals surface area (Å²) in [5.74, 6) is 1.65. The maximum Gasteiger partial charge on any atom is 0.257 e. The van der Waals surface area contributed by atoms with Gasteiger partial charge >= 0.3 is 0 Å². The number of aryl methyl sites for hydroxylation is 1. The lowest BCUT2D eigenvalue weighted by Gasteiger charge is -2.22. The Morgan fingerprint density at radius 1 is 1.19 bits per heavy atom. The van der Waals surface area contributed by atoms with E-state index in [1.807, 2.05) is 29.2 Å². The van der Waals surface area contributed by atoms with Gasteiger partial charge in [-0.05, 0) is 30.7 Å². The number of amides is 2. The van der Waals surface area contributed by atoms with Crippen LogP contribution < -0.4 is 4.74 Å². The zero-order chi connectivity index (χ0) is 18.3. The summed E-state index contributed by atoms with van der Waals surface area (Å²) in [4.78, 5) is 29.1. The van der Waals surface area contributed by atoms with E-state index < -0.39 is 0 Å². The highest BCUT2D eigenvalue weighted by molar-refractivity contribution is 5.96. The number of hydrogen-bond acceptors (Lipinski definition) is 4. The van der Waals surface area contributed by atoms with Crippen LogP contribution in [0.5, 0.6) is 5.75 Å². The van der Waals surface area contributed by atoms with Crippen molar-refractivity contribution in [2.24, 2.45) is 11.8 Å². The largest absolute Gasteiger partial charge is 0.497 e. The monoisotopic (exact) mass is 354 g/mol. The lowest BCUT2D eigenvalue weighted by Crippen LogP contribution is -2.35. The third-order valence-corrected chi connectivity index (χ3v) is 5.43. The molecule has 0 bridgehead atoms. The molecule has 1 aromatic heterocycles. The first-order valence-electron chi connectivity index (χ1n) is 8.82. The van der Waals surface area contributed by atoms with Gasteiger partial charge in [-0.3, -0.25) is 9.59 Å². The normalized spacial score (nSPS) is 22.0. The van der Waals surface area contributed by atoms with Gasteiger partial charge < -0.3 is 19.0 Å². The van der Waals surface area contributed by atoms with Gasteiger partial charge in [-0.15, -0.1) is 0 Å². The number of ether oxygens (including phenoxy) is 1. The van der Waals surface area contributed by atoms with Crippen molar-refractivity contribution < 1.29 is 18.7 Å². The smallest absolute Gasteiger partial charge is 0.257 e. The van der Waals surface area contributed by atoms with Crippen LogP contribution in [0.25, 0.3) is 0 Å². The van der Waals surface area contributed by atoms with Crippen LogP contribution in [-0.2, 0) is 11.3 Å². The van der Waals surface area contributed by atoms with Crippen molar-refractivity contribution in [3.05, 3.63) is 53.5 Å². The lowest BCUT2D eigenvalue weighted by molar-refractivity contribution is -0.131. The highest BCUT2D eigenvalue weighted by Crippen LogP contribution is 2.34. The summed E-state index contributed by atoms with van der Waals surface area (Å²) < 4.78 is 10.4. The first-order chi connectivity index (χ1) is 12.6. The van der Waals surface area contributed by atoms with Crippen molar-refractivity contribution in [2.45, 2.75) is 13.5 Å². The molecule has 3 heterocycles. The molecule has 6 heteroatoms. The molecule has 6 nitrogen and oxygen atoms in total. The SMILES string of the molecule is COc1ccc(CN2C[C@H]3CN(C(=O)c4ccoc4C)C[C@H]3C2=O)cc1. The maximum atomic E-state index is 12.8. The predicted molar refractivity (Wildman–Crippen MR) is 94.7 cm³/mol. The average molecular weight is 354 g/mol. The summed E-state index contributed by atoms with van der Waals surface area (Å²) in [5, 5.41) is 0. The van der Waals surface area contributed by atoms with Crippen LogP contribution in [0, 0.1) is 18.8 Å². The molecule has 136 valence electrons.